The average molecular weight is 443 g/mol. The molecule has 0 aromatic heterocycles. The van der Waals surface area contributed by atoms with E-state index in [0.717, 1.165) is 71.9 Å². The molecule has 0 saturated carbocycles. The quantitative estimate of drug-likeness (QED) is 0.574. The van der Waals surface area contributed by atoms with Crippen molar-refractivity contribution in [1.29, 1.82) is 0 Å². The van der Waals surface area contributed by atoms with Gasteiger partial charge < -0.3 is 14.5 Å². The zero-order valence-electron chi connectivity index (χ0n) is 19.0. The maximum absolute atomic E-state index is 13.4. The fourth-order valence-corrected chi connectivity index (χ4v) is 4.96. The summed E-state index contributed by atoms with van der Waals surface area (Å²) in [7, 11) is 0. The van der Waals surface area contributed by atoms with Gasteiger partial charge in [0.15, 0.2) is 0 Å². The predicted molar refractivity (Wildman–Crippen MR) is 130 cm³/mol. The first-order chi connectivity index (χ1) is 16.2. The smallest absolute Gasteiger partial charge is 0.254 e. The summed E-state index contributed by atoms with van der Waals surface area (Å²) in [5.41, 5.74) is 3.48. The molecule has 33 heavy (non-hydrogen) atoms. The van der Waals surface area contributed by atoms with Crippen LogP contribution in [0.3, 0.4) is 0 Å². The molecule has 170 valence electrons. The zero-order chi connectivity index (χ0) is 22.6. The Morgan fingerprint density at radius 2 is 1.42 bits per heavy atom. The maximum atomic E-state index is 13.4. The molecule has 3 aromatic rings. The van der Waals surface area contributed by atoms with E-state index >= 15 is 0 Å². The molecule has 2 heterocycles. The van der Waals surface area contributed by atoms with Crippen LogP contribution < -0.4 is 0 Å². The van der Waals surface area contributed by atoms with Gasteiger partial charge in [-0.2, -0.15) is 0 Å². The second-order valence-corrected chi connectivity index (χ2v) is 8.90. The summed E-state index contributed by atoms with van der Waals surface area (Å²) in [5, 5.41) is 1.97. The molecule has 2 aliphatic rings. The van der Waals surface area contributed by atoms with E-state index in [0.29, 0.717) is 19.8 Å². The summed E-state index contributed by atoms with van der Waals surface area (Å²) in [6, 6.07) is 19.9. The van der Waals surface area contributed by atoms with Crippen molar-refractivity contribution in [2.75, 3.05) is 39.4 Å². The van der Waals surface area contributed by atoms with E-state index in [4.69, 9.17) is 4.74 Å². The lowest BCUT2D eigenvalue weighted by atomic mass is 9.93. The first kappa shape index (κ1) is 21.7. The van der Waals surface area contributed by atoms with Gasteiger partial charge in [-0.05, 0) is 65.8 Å². The third-order valence-electron chi connectivity index (χ3n) is 6.73. The first-order valence-electron chi connectivity index (χ1n) is 12.0. The summed E-state index contributed by atoms with van der Waals surface area (Å²) >= 11 is 0. The molecule has 0 N–H and O–H groups in total. The highest BCUT2D eigenvalue weighted by atomic mass is 16.5. The van der Waals surface area contributed by atoms with Gasteiger partial charge >= 0.3 is 0 Å². The molecule has 2 saturated heterocycles. The highest BCUT2D eigenvalue weighted by molar-refractivity contribution is 6.11. The van der Waals surface area contributed by atoms with Crippen molar-refractivity contribution in [3.05, 3.63) is 71.8 Å². The standard InChI is InChI=1S/C28H30N2O3/c31-27(29-14-4-1-5-15-29)22-9-6-8-21(20-22)23-12-13-26(25-11-3-2-10-24(23)25)28(32)30-16-7-18-33-19-17-30/h2-3,6,8-13,20H,1,4-5,7,14-19H2. The van der Waals surface area contributed by atoms with Crippen molar-refractivity contribution in [2.45, 2.75) is 25.7 Å². The number of hydrogen-bond donors (Lipinski definition) is 0. The third kappa shape index (κ3) is 4.51. The van der Waals surface area contributed by atoms with Crippen molar-refractivity contribution in [1.82, 2.24) is 9.80 Å². The second kappa shape index (κ2) is 9.75. The zero-order valence-corrected chi connectivity index (χ0v) is 19.0. The number of hydrogen-bond acceptors (Lipinski definition) is 3. The Bertz CT molecular complexity index is 1160. The van der Waals surface area contributed by atoms with E-state index in [1.807, 2.05) is 64.4 Å². The van der Waals surface area contributed by atoms with Crippen LogP contribution in [0, 0.1) is 0 Å². The molecule has 5 rings (SSSR count). The lowest BCUT2D eigenvalue weighted by Crippen LogP contribution is -2.35. The second-order valence-electron chi connectivity index (χ2n) is 8.90. The van der Waals surface area contributed by atoms with Crippen molar-refractivity contribution in [3.8, 4) is 11.1 Å². The fourth-order valence-electron chi connectivity index (χ4n) is 4.96. The SMILES string of the molecule is O=C(c1cccc(-c2ccc(C(=O)N3CCCOCC3)c3ccccc23)c1)N1CCCCC1. The van der Waals surface area contributed by atoms with Gasteiger partial charge in [0.2, 0.25) is 0 Å². The lowest BCUT2D eigenvalue weighted by Gasteiger charge is -2.27. The van der Waals surface area contributed by atoms with Crippen LogP contribution in [0.15, 0.2) is 60.7 Å². The number of nitrogens with zero attached hydrogens (tertiary/aromatic N) is 2. The molecule has 0 spiro atoms. The molecule has 0 aliphatic carbocycles. The number of fused-ring (bicyclic) bond motifs is 1. The number of benzene rings is 3. The highest BCUT2D eigenvalue weighted by Gasteiger charge is 2.22. The number of amides is 2. The number of ether oxygens (including phenoxy) is 1. The minimum Gasteiger partial charge on any atom is -0.380 e. The van der Waals surface area contributed by atoms with Crippen LogP contribution in [0.5, 0.6) is 0 Å². The molecule has 2 aliphatic heterocycles. The average Bonchev–Trinajstić information content (AvgIpc) is 3.17. The summed E-state index contributed by atoms with van der Waals surface area (Å²) in [6.07, 6.45) is 4.22. The minimum absolute atomic E-state index is 0.0530. The number of carbonyl (C=O) groups is 2. The van der Waals surface area contributed by atoms with E-state index < -0.39 is 0 Å². The molecule has 2 fully saturated rings. The van der Waals surface area contributed by atoms with Crippen LogP contribution in [-0.4, -0.2) is 61.0 Å². The van der Waals surface area contributed by atoms with E-state index in [1.54, 1.807) is 0 Å². The van der Waals surface area contributed by atoms with Gasteiger partial charge in [-0.3, -0.25) is 9.59 Å². The molecule has 0 atom stereocenters. The van der Waals surface area contributed by atoms with Gasteiger partial charge in [0.25, 0.3) is 11.8 Å². The van der Waals surface area contributed by atoms with Crippen LogP contribution in [0.4, 0.5) is 0 Å². The van der Waals surface area contributed by atoms with Gasteiger partial charge in [-0.1, -0.05) is 42.5 Å². The Kier molecular flexibility index (Phi) is 6.40. The molecule has 0 unspecified atom stereocenters. The van der Waals surface area contributed by atoms with E-state index in [-0.39, 0.29) is 11.8 Å². The number of carbonyl (C=O) groups excluding carboxylic acids is 2. The number of likely N-dealkylation sites (tertiary alicyclic amines) is 1. The Hall–Kier alpha value is -3.18. The molecule has 0 radical (unpaired) electrons. The Morgan fingerprint density at radius 3 is 2.27 bits per heavy atom. The van der Waals surface area contributed by atoms with Crippen LogP contribution in [-0.2, 0) is 4.74 Å². The van der Waals surface area contributed by atoms with E-state index in [9.17, 15) is 9.59 Å². The molecule has 3 aromatic carbocycles. The van der Waals surface area contributed by atoms with Gasteiger partial charge in [0, 0.05) is 43.9 Å². The largest absolute Gasteiger partial charge is 0.380 e. The van der Waals surface area contributed by atoms with Crippen LogP contribution >= 0.6 is 0 Å². The van der Waals surface area contributed by atoms with Gasteiger partial charge in [-0.25, -0.2) is 0 Å². The summed E-state index contributed by atoms with van der Waals surface area (Å²) in [4.78, 5) is 30.3. The Morgan fingerprint density at radius 1 is 0.667 bits per heavy atom. The molecular weight excluding hydrogens is 412 g/mol. The van der Waals surface area contributed by atoms with Gasteiger partial charge in [0.05, 0.1) is 6.61 Å². The molecule has 2 amide bonds. The monoisotopic (exact) mass is 442 g/mol. The molecule has 0 bridgehead atoms. The van der Waals surface area contributed by atoms with Crippen LogP contribution in [0.1, 0.15) is 46.4 Å². The van der Waals surface area contributed by atoms with E-state index in [1.165, 1.54) is 6.42 Å². The summed E-state index contributed by atoms with van der Waals surface area (Å²) < 4.78 is 5.52. The summed E-state index contributed by atoms with van der Waals surface area (Å²) in [6.45, 7) is 4.30. The van der Waals surface area contributed by atoms with Crippen LogP contribution in [0.2, 0.25) is 0 Å². The molecule has 5 nitrogen and oxygen atoms in total. The minimum atomic E-state index is 0.0530. The number of piperidine rings is 1. The van der Waals surface area contributed by atoms with E-state index in [2.05, 4.69) is 6.07 Å². The van der Waals surface area contributed by atoms with Crippen molar-refractivity contribution < 1.29 is 14.3 Å². The van der Waals surface area contributed by atoms with Crippen molar-refractivity contribution >= 4 is 22.6 Å². The Balaban J connectivity index is 1.50. The van der Waals surface area contributed by atoms with Crippen LogP contribution in [0.25, 0.3) is 21.9 Å². The molecular formula is C28H30N2O3. The van der Waals surface area contributed by atoms with Gasteiger partial charge in [-0.15, -0.1) is 0 Å². The molecule has 5 heteroatoms. The number of rotatable bonds is 3. The maximum Gasteiger partial charge on any atom is 0.254 e. The highest BCUT2D eigenvalue weighted by Crippen LogP contribution is 2.32. The van der Waals surface area contributed by atoms with Gasteiger partial charge in [0.1, 0.15) is 0 Å². The van der Waals surface area contributed by atoms with Crippen molar-refractivity contribution in [2.24, 2.45) is 0 Å². The first-order valence-corrected chi connectivity index (χ1v) is 12.0. The predicted octanol–water partition coefficient (Wildman–Crippen LogP) is 5.00. The Labute approximate surface area is 194 Å². The van der Waals surface area contributed by atoms with Crippen molar-refractivity contribution in [3.63, 3.8) is 0 Å². The third-order valence-corrected chi connectivity index (χ3v) is 6.73. The fraction of sp³-hybridized carbons (Fsp3) is 0.357. The normalized spacial score (nSPS) is 17.1. The topological polar surface area (TPSA) is 49.9 Å². The summed E-state index contributed by atoms with van der Waals surface area (Å²) in [5.74, 6) is 0.160. The lowest BCUT2D eigenvalue weighted by molar-refractivity contribution is 0.0722.